The molecular weight excluding hydrogens is 274 g/mol. The van der Waals surface area contributed by atoms with E-state index in [1.165, 1.54) is 37.8 Å². The highest BCUT2D eigenvalue weighted by atomic mass is 16.1. The molecule has 3 heterocycles. The third-order valence-electron chi connectivity index (χ3n) is 5.25. The zero-order valence-electron chi connectivity index (χ0n) is 13.8. The van der Waals surface area contributed by atoms with Gasteiger partial charge in [0.15, 0.2) is 0 Å². The number of piperidine rings is 2. The number of aromatic nitrogens is 1. The largest absolute Gasteiger partial charge is 0.370 e. The van der Waals surface area contributed by atoms with E-state index in [1.54, 1.807) is 6.07 Å². The molecule has 1 aromatic heterocycles. The summed E-state index contributed by atoms with van der Waals surface area (Å²) in [6.45, 7) is 6.52. The van der Waals surface area contributed by atoms with Gasteiger partial charge in [-0.1, -0.05) is 13.3 Å². The van der Waals surface area contributed by atoms with Crippen LogP contribution in [0.4, 0.5) is 5.69 Å². The molecule has 0 amide bonds. The lowest BCUT2D eigenvalue weighted by Gasteiger charge is -2.32. The number of hydrogen-bond donors (Lipinski definition) is 1. The average molecular weight is 303 g/mol. The lowest BCUT2D eigenvalue weighted by Crippen LogP contribution is -2.36. The Morgan fingerprint density at radius 2 is 2.00 bits per heavy atom. The molecule has 1 N–H and O–H groups in total. The zero-order chi connectivity index (χ0) is 15.4. The molecule has 22 heavy (non-hydrogen) atoms. The molecule has 0 spiro atoms. The van der Waals surface area contributed by atoms with E-state index in [-0.39, 0.29) is 5.56 Å². The van der Waals surface area contributed by atoms with Crippen LogP contribution in [0.15, 0.2) is 23.1 Å². The number of nitrogens with zero attached hydrogens (tertiary/aromatic N) is 2. The Morgan fingerprint density at radius 3 is 2.73 bits per heavy atom. The highest BCUT2D eigenvalue weighted by Crippen LogP contribution is 2.22. The Morgan fingerprint density at radius 1 is 1.18 bits per heavy atom. The number of aryl methyl sites for hydroxylation is 1. The minimum absolute atomic E-state index is 0.130. The molecule has 4 heteroatoms. The number of nitrogens with one attached hydrogen (secondary N) is 1. The Labute approximate surface area is 133 Å². The van der Waals surface area contributed by atoms with E-state index in [1.807, 2.05) is 10.6 Å². The van der Waals surface area contributed by atoms with Crippen molar-refractivity contribution in [1.82, 2.24) is 9.88 Å². The maximum Gasteiger partial charge on any atom is 0.250 e. The maximum absolute atomic E-state index is 12.1. The standard InChI is InChI=1S/C18H29N3O/c1-15-7-11-20(12-8-15)17-5-6-18(22)21(14-17)13-9-16-4-2-3-10-19-16/h5-6,14-16,19H,2-4,7-13H2,1H3. The monoisotopic (exact) mass is 303 g/mol. The van der Waals surface area contributed by atoms with E-state index in [0.29, 0.717) is 6.04 Å². The van der Waals surface area contributed by atoms with Crippen molar-refractivity contribution < 1.29 is 0 Å². The molecular formula is C18H29N3O. The van der Waals surface area contributed by atoms with Crippen LogP contribution in [0.2, 0.25) is 0 Å². The Hall–Kier alpha value is -1.29. The Balaban J connectivity index is 1.63. The summed E-state index contributed by atoms with van der Waals surface area (Å²) in [7, 11) is 0. The van der Waals surface area contributed by atoms with E-state index in [9.17, 15) is 4.79 Å². The van der Waals surface area contributed by atoms with Gasteiger partial charge in [0.25, 0.3) is 5.56 Å². The van der Waals surface area contributed by atoms with Crippen LogP contribution >= 0.6 is 0 Å². The summed E-state index contributed by atoms with van der Waals surface area (Å²) in [6, 6.07) is 4.31. The minimum atomic E-state index is 0.130. The molecule has 2 fully saturated rings. The SMILES string of the molecule is CC1CCN(c2ccc(=O)n(CCC3CCCCN3)c2)CC1. The summed E-state index contributed by atoms with van der Waals surface area (Å²) >= 11 is 0. The summed E-state index contributed by atoms with van der Waals surface area (Å²) in [5, 5.41) is 3.57. The van der Waals surface area contributed by atoms with Gasteiger partial charge in [-0.15, -0.1) is 0 Å². The first kappa shape index (κ1) is 15.6. The Kier molecular flexibility index (Phi) is 5.19. The second kappa shape index (κ2) is 7.32. The van der Waals surface area contributed by atoms with Crippen molar-refractivity contribution in [1.29, 1.82) is 0 Å². The topological polar surface area (TPSA) is 37.3 Å². The predicted molar refractivity (Wildman–Crippen MR) is 91.6 cm³/mol. The summed E-state index contributed by atoms with van der Waals surface area (Å²) in [5.74, 6) is 0.833. The second-order valence-electron chi connectivity index (χ2n) is 7.02. The first-order valence-corrected chi connectivity index (χ1v) is 8.91. The fourth-order valence-corrected chi connectivity index (χ4v) is 3.61. The van der Waals surface area contributed by atoms with Gasteiger partial charge in [-0.25, -0.2) is 0 Å². The fraction of sp³-hybridized carbons (Fsp3) is 0.722. The van der Waals surface area contributed by atoms with Crippen LogP contribution in [0.1, 0.15) is 45.4 Å². The van der Waals surface area contributed by atoms with Crippen LogP contribution in [-0.4, -0.2) is 30.2 Å². The van der Waals surface area contributed by atoms with Crippen molar-refractivity contribution in [2.24, 2.45) is 5.92 Å². The minimum Gasteiger partial charge on any atom is -0.370 e. The van der Waals surface area contributed by atoms with Gasteiger partial charge < -0.3 is 14.8 Å². The van der Waals surface area contributed by atoms with Crippen molar-refractivity contribution in [3.8, 4) is 0 Å². The number of hydrogen-bond acceptors (Lipinski definition) is 3. The van der Waals surface area contributed by atoms with Gasteiger partial charge in [0.1, 0.15) is 0 Å². The number of anilines is 1. The smallest absolute Gasteiger partial charge is 0.250 e. The molecule has 1 atom stereocenters. The fourth-order valence-electron chi connectivity index (χ4n) is 3.61. The highest BCUT2D eigenvalue weighted by Gasteiger charge is 2.17. The van der Waals surface area contributed by atoms with E-state index >= 15 is 0 Å². The lowest BCUT2D eigenvalue weighted by molar-refractivity contribution is 0.365. The first-order valence-electron chi connectivity index (χ1n) is 8.91. The van der Waals surface area contributed by atoms with Gasteiger partial charge in [-0.2, -0.15) is 0 Å². The number of rotatable bonds is 4. The van der Waals surface area contributed by atoms with Gasteiger partial charge in [0.2, 0.25) is 0 Å². The van der Waals surface area contributed by atoms with Crippen molar-refractivity contribution >= 4 is 5.69 Å². The Bertz CT molecular complexity index is 525. The normalized spacial score (nSPS) is 23.7. The first-order chi connectivity index (χ1) is 10.7. The second-order valence-corrected chi connectivity index (χ2v) is 7.02. The zero-order valence-corrected chi connectivity index (χ0v) is 13.8. The van der Waals surface area contributed by atoms with Gasteiger partial charge in [0, 0.05) is 37.9 Å². The molecule has 2 saturated heterocycles. The van der Waals surface area contributed by atoms with Crippen LogP contribution in [0.5, 0.6) is 0 Å². The van der Waals surface area contributed by atoms with Crippen molar-refractivity contribution in [3.05, 3.63) is 28.7 Å². The summed E-state index contributed by atoms with van der Waals surface area (Å²) in [5.41, 5.74) is 1.34. The summed E-state index contributed by atoms with van der Waals surface area (Å²) < 4.78 is 1.91. The molecule has 0 saturated carbocycles. The van der Waals surface area contributed by atoms with Crippen molar-refractivity contribution in [2.75, 3.05) is 24.5 Å². The van der Waals surface area contributed by atoms with E-state index in [4.69, 9.17) is 0 Å². The predicted octanol–water partition coefficient (Wildman–Crippen LogP) is 2.62. The van der Waals surface area contributed by atoms with Crippen LogP contribution in [-0.2, 0) is 6.54 Å². The van der Waals surface area contributed by atoms with Crippen LogP contribution in [0, 0.1) is 5.92 Å². The molecule has 2 aliphatic heterocycles. The van der Waals surface area contributed by atoms with Gasteiger partial charge in [0.05, 0.1) is 5.69 Å². The lowest BCUT2D eigenvalue weighted by atomic mass is 9.99. The maximum atomic E-state index is 12.1. The molecule has 0 aromatic carbocycles. The van der Waals surface area contributed by atoms with Gasteiger partial charge >= 0.3 is 0 Å². The van der Waals surface area contributed by atoms with Gasteiger partial charge in [-0.3, -0.25) is 4.79 Å². The third kappa shape index (κ3) is 3.92. The van der Waals surface area contributed by atoms with E-state index < -0.39 is 0 Å². The molecule has 0 bridgehead atoms. The molecule has 0 radical (unpaired) electrons. The number of pyridine rings is 1. The molecule has 0 aliphatic carbocycles. The van der Waals surface area contributed by atoms with E-state index in [2.05, 4.69) is 23.3 Å². The molecule has 3 rings (SSSR count). The highest BCUT2D eigenvalue weighted by molar-refractivity contribution is 5.44. The third-order valence-corrected chi connectivity index (χ3v) is 5.25. The molecule has 1 unspecified atom stereocenters. The average Bonchev–Trinajstić information content (AvgIpc) is 2.56. The quantitative estimate of drug-likeness (QED) is 0.929. The van der Waals surface area contributed by atoms with Crippen LogP contribution < -0.4 is 15.8 Å². The molecule has 1 aromatic rings. The van der Waals surface area contributed by atoms with Crippen molar-refractivity contribution in [2.45, 2.75) is 58.0 Å². The van der Waals surface area contributed by atoms with Crippen molar-refractivity contribution in [3.63, 3.8) is 0 Å². The van der Waals surface area contributed by atoms with Crippen LogP contribution in [0.3, 0.4) is 0 Å². The molecule has 4 nitrogen and oxygen atoms in total. The van der Waals surface area contributed by atoms with Crippen LogP contribution in [0.25, 0.3) is 0 Å². The summed E-state index contributed by atoms with van der Waals surface area (Å²) in [6.07, 6.45) is 9.49. The summed E-state index contributed by atoms with van der Waals surface area (Å²) in [4.78, 5) is 14.5. The van der Waals surface area contributed by atoms with E-state index in [0.717, 1.165) is 38.5 Å². The molecule has 122 valence electrons. The van der Waals surface area contributed by atoms with Gasteiger partial charge in [-0.05, 0) is 50.6 Å². The molecule has 2 aliphatic rings.